The number of carbonyl (C=O) groups excluding carboxylic acids is 2. The first-order valence-electron chi connectivity index (χ1n) is 10.3. The number of anilines is 1. The van der Waals surface area contributed by atoms with Gasteiger partial charge < -0.3 is 14.5 Å². The minimum absolute atomic E-state index is 0. The molecule has 2 heterocycles. The van der Waals surface area contributed by atoms with E-state index in [0.717, 1.165) is 38.3 Å². The van der Waals surface area contributed by atoms with Gasteiger partial charge >= 0.3 is 5.97 Å². The zero-order chi connectivity index (χ0) is 21.7. The first-order chi connectivity index (χ1) is 14.3. The highest BCUT2D eigenvalue weighted by atomic mass is 35.5. The molecule has 3 rings (SSSR count). The largest absolute Gasteiger partial charge is 0.422 e. The van der Waals surface area contributed by atoms with Gasteiger partial charge in [-0.25, -0.2) is 4.98 Å². The molecule has 1 aliphatic rings. The first-order valence-corrected chi connectivity index (χ1v) is 10.3. The molecule has 1 aromatic carbocycles. The van der Waals surface area contributed by atoms with E-state index in [1.807, 2.05) is 32.0 Å². The van der Waals surface area contributed by atoms with Gasteiger partial charge in [-0.05, 0) is 29.8 Å². The number of hydrogen-bond donors (Lipinski definition) is 0. The van der Waals surface area contributed by atoms with Gasteiger partial charge in [0.05, 0.1) is 5.92 Å². The van der Waals surface area contributed by atoms with Crippen LogP contribution in [0.5, 0.6) is 5.75 Å². The van der Waals surface area contributed by atoms with E-state index in [1.165, 1.54) is 0 Å². The van der Waals surface area contributed by atoms with Crippen molar-refractivity contribution in [2.75, 3.05) is 45.2 Å². The van der Waals surface area contributed by atoms with Crippen molar-refractivity contribution in [2.24, 2.45) is 5.92 Å². The maximum Gasteiger partial charge on any atom is 0.313 e. The molecule has 0 spiro atoms. The van der Waals surface area contributed by atoms with Gasteiger partial charge in [0.2, 0.25) is 0 Å². The van der Waals surface area contributed by atoms with Gasteiger partial charge in [0.15, 0.2) is 11.6 Å². The molecule has 0 N–H and O–H groups in total. The molecule has 1 aliphatic heterocycles. The van der Waals surface area contributed by atoms with Gasteiger partial charge in [-0.15, -0.1) is 12.4 Å². The van der Waals surface area contributed by atoms with Gasteiger partial charge in [0.1, 0.15) is 0 Å². The molecule has 8 heteroatoms. The molecule has 0 radical (unpaired) electrons. The maximum atomic E-state index is 12.2. The molecule has 168 valence electrons. The summed E-state index contributed by atoms with van der Waals surface area (Å²) in [4.78, 5) is 34.8. The molecule has 0 aliphatic carbocycles. The van der Waals surface area contributed by atoms with E-state index >= 15 is 0 Å². The van der Waals surface area contributed by atoms with Crippen LogP contribution in [0.25, 0.3) is 0 Å². The minimum Gasteiger partial charge on any atom is -0.422 e. The molecule has 7 nitrogen and oxygen atoms in total. The molecule has 1 saturated heterocycles. The SMILES string of the molecule is CC(C)C(=O)Oc1cccnc1N1CCN(Cc2cccc(C(=O)N(C)C)c2)CC1.Cl. The number of aromatic nitrogens is 1. The zero-order valence-electron chi connectivity index (χ0n) is 18.6. The Hall–Kier alpha value is -2.64. The second-order valence-corrected chi connectivity index (χ2v) is 8.06. The van der Waals surface area contributed by atoms with Crippen LogP contribution < -0.4 is 9.64 Å². The Morgan fingerprint density at radius 3 is 2.45 bits per heavy atom. The number of pyridine rings is 1. The lowest BCUT2D eigenvalue weighted by Crippen LogP contribution is -2.46. The highest BCUT2D eigenvalue weighted by molar-refractivity contribution is 5.94. The molecular weight excluding hydrogens is 416 g/mol. The third kappa shape index (κ3) is 6.42. The number of amides is 1. The Bertz CT molecular complexity index is 896. The summed E-state index contributed by atoms with van der Waals surface area (Å²) in [6.07, 6.45) is 1.72. The molecule has 0 bridgehead atoms. The fourth-order valence-electron chi connectivity index (χ4n) is 3.36. The summed E-state index contributed by atoms with van der Waals surface area (Å²) in [6.45, 7) is 7.73. The Labute approximate surface area is 190 Å². The molecule has 1 fully saturated rings. The predicted molar refractivity (Wildman–Crippen MR) is 124 cm³/mol. The van der Waals surface area contributed by atoms with Crippen LogP contribution in [-0.2, 0) is 11.3 Å². The number of halogens is 1. The fraction of sp³-hybridized carbons (Fsp3) is 0.435. The summed E-state index contributed by atoms with van der Waals surface area (Å²) >= 11 is 0. The number of rotatable bonds is 6. The topological polar surface area (TPSA) is 66.0 Å². The van der Waals surface area contributed by atoms with E-state index in [2.05, 4.69) is 20.9 Å². The van der Waals surface area contributed by atoms with E-state index in [0.29, 0.717) is 17.1 Å². The Morgan fingerprint density at radius 1 is 1.10 bits per heavy atom. The van der Waals surface area contributed by atoms with Crippen molar-refractivity contribution in [1.29, 1.82) is 0 Å². The highest BCUT2D eigenvalue weighted by Crippen LogP contribution is 2.27. The van der Waals surface area contributed by atoms with Crippen LogP contribution in [0.15, 0.2) is 42.6 Å². The monoisotopic (exact) mass is 446 g/mol. The van der Waals surface area contributed by atoms with E-state index in [9.17, 15) is 9.59 Å². The molecule has 31 heavy (non-hydrogen) atoms. The zero-order valence-corrected chi connectivity index (χ0v) is 19.4. The van der Waals surface area contributed by atoms with Gasteiger partial charge in [0, 0.05) is 58.6 Å². The number of carbonyl (C=O) groups is 2. The van der Waals surface area contributed by atoms with Crippen molar-refractivity contribution < 1.29 is 14.3 Å². The van der Waals surface area contributed by atoms with Crippen molar-refractivity contribution in [1.82, 2.24) is 14.8 Å². The number of benzene rings is 1. The van der Waals surface area contributed by atoms with Crippen molar-refractivity contribution >= 4 is 30.1 Å². The predicted octanol–water partition coefficient (Wildman–Crippen LogP) is 3.09. The van der Waals surface area contributed by atoms with Crippen LogP contribution in [0.4, 0.5) is 5.82 Å². The number of nitrogens with zero attached hydrogens (tertiary/aromatic N) is 4. The third-order valence-electron chi connectivity index (χ3n) is 5.09. The Balaban J connectivity index is 0.00000341. The van der Waals surface area contributed by atoms with Crippen molar-refractivity contribution in [2.45, 2.75) is 20.4 Å². The number of hydrogen-bond acceptors (Lipinski definition) is 6. The van der Waals surface area contributed by atoms with E-state index in [4.69, 9.17) is 4.74 Å². The average Bonchev–Trinajstić information content (AvgIpc) is 2.74. The summed E-state index contributed by atoms with van der Waals surface area (Å²) in [5, 5.41) is 0. The fourth-order valence-corrected chi connectivity index (χ4v) is 3.36. The third-order valence-corrected chi connectivity index (χ3v) is 5.09. The first kappa shape index (κ1) is 24.6. The van der Waals surface area contributed by atoms with Crippen molar-refractivity contribution in [3.8, 4) is 5.75 Å². The molecule has 1 aromatic heterocycles. The van der Waals surface area contributed by atoms with Crippen molar-refractivity contribution in [3.63, 3.8) is 0 Å². The Kier molecular flexibility index (Phi) is 8.83. The normalized spacial score (nSPS) is 14.2. The summed E-state index contributed by atoms with van der Waals surface area (Å²) in [7, 11) is 3.52. The number of ether oxygens (including phenoxy) is 1. The van der Waals surface area contributed by atoms with Gasteiger partial charge in [-0.3, -0.25) is 14.5 Å². The Morgan fingerprint density at radius 2 is 1.81 bits per heavy atom. The number of esters is 1. The molecular formula is C23H31ClN4O3. The summed E-state index contributed by atoms with van der Waals surface area (Å²) in [5.74, 6) is 0.796. The molecule has 2 aromatic rings. The molecule has 1 amide bonds. The molecule has 0 saturated carbocycles. The van der Waals surface area contributed by atoms with E-state index in [-0.39, 0.29) is 30.2 Å². The highest BCUT2D eigenvalue weighted by Gasteiger charge is 2.22. The lowest BCUT2D eigenvalue weighted by atomic mass is 10.1. The average molecular weight is 447 g/mol. The van der Waals surface area contributed by atoms with Crippen LogP contribution in [0, 0.1) is 5.92 Å². The van der Waals surface area contributed by atoms with Crippen LogP contribution in [0.1, 0.15) is 29.8 Å². The second kappa shape index (κ2) is 11.1. The molecule has 0 atom stereocenters. The van der Waals surface area contributed by atoms with Crippen LogP contribution in [0.2, 0.25) is 0 Å². The maximum absolute atomic E-state index is 12.2. The lowest BCUT2D eigenvalue weighted by molar-refractivity contribution is -0.137. The van der Waals surface area contributed by atoms with Gasteiger partial charge in [-0.1, -0.05) is 26.0 Å². The van der Waals surface area contributed by atoms with Crippen LogP contribution >= 0.6 is 12.4 Å². The standard InChI is InChI=1S/C23H30N4O3.ClH/c1-17(2)23(29)30-20-9-6-10-24-21(20)27-13-11-26(12-14-27)16-18-7-5-8-19(15-18)22(28)25(3)4;/h5-10,15,17H,11-14,16H2,1-4H3;1H. The molecule has 0 unspecified atom stereocenters. The van der Waals surface area contributed by atoms with E-state index in [1.54, 1.807) is 37.3 Å². The van der Waals surface area contributed by atoms with Gasteiger partial charge in [0.25, 0.3) is 5.91 Å². The number of piperazine rings is 1. The second-order valence-electron chi connectivity index (χ2n) is 8.06. The van der Waals surface area contributed by atoms with Gasteiger partial charge in [-0.2, -0.15) is 0 Å². The summed E-state index contributed by atoms with van der Waals surface area (Å²) < 4.78 is 5.54. The lowest BCUT2D eigenvalue weighted by Gasteiger charge is -2.36. The smallest absolute Gasteiger partial charge is 0.313 e. The quantitative estimate of drug-likeness (QED) is 0.635. The van der Waals surface area contributed by atoms with E-state index < -0.39 is 0 Å². The summed E-state index contributed by atoms with van der Waals surface area (Å²) in [5.41, 5.74) is 1.83. The van der Waals surface area contributed by atoms with Crippen molar-refractivity contribution in [3.05, 3.63) is 53.7 Å². The summed E-state index contributed by atoms with van der Waals surface area (Å²) in [6, 6.07) is 11.4. The minimum atomic E-state index is -0.255. The van der Waals surface area contributed by atoms with Crippen LogP contribution in [-0.4, -0.2) is 66.9 Å². The van der Waals surface area contributed by atoms with Crippen LogP contribution in [0.3, 0.4) is 0 Å².